The molecule has 0 radical (unpaired) electrons. The number of hydrogen-bond acceptors (Lipinski definition) is 3. The van der Waals surface area contributed by atoms with Gasteiger partial charge in [0.1, 0.15) is 0 Å². The maximum Gasteiger partial charge on any atom is 0.228 e. The summed E-state index contributed by atoms with van der Waals surface area (Å²) in [4.78, 5) is 22.1. The van der Waals surface area contributed by atoms with Gasteiger partial charge in [0, 0.05) is 44.2 Å². The van der Waals surface area contributed by atoms with E-state index in [2.05, 4.69) is 14.8 Å². The molecule has 5 heteroatoms. The van der Waals surface area contributed by atoms with Gasteiger partial charge in [-0.3, -0.25) is 4.79 Å². The molecule has 144 valence electrons. The summed E-state index contributed by atoms with van der Waals surface area (Å²) in [7, 11) is 0. The van der Waals surface area contributed by atoms with E-state index in [0.29, 0.717) is 23.6 Å². The molecule has 27 heavy (non-hydrogen) atoms. The van der Waals surface area contributed by atoms with Crippen molar-refractivity contribution in [3.8, 4) is 0 Å². The lowest BCUT2D eigenvalue weighted by Crippen LogP contribution is -2.54. The Bertz CT molecular complexity index is 731. The maximum absolute atomic E-state index is 14.1. The normalized spacial score (nSPS) is 42.0. The number of carbonyl (C=O) groups is 1. The quantitative estimate of drug-likeness (QED) is 0.802. The Labute approximate surface area is 160 Å². The lowest BCUT2D eigenvalue weighted by Gasteiger charge is -2.56. The predicted octanol–water partition coefficient (Wildman–Crippen LogP) is 3.33. The van der Waals surface area contributed by atoms with Crippen LogP contribution in [0.3, 0.4) is 0 Å². The van der Waals surface area contributed by atoms with E-state index in [-0.39, 0.29) is 11.2 Å². The molecule has 1 aromatic rings. The van der Waals surface area contributed by atoms with Crippen LogP contribution in [-0.2, 0) is 4.79 Å². The molecule has 4 aliphatic carbocycles. The number of halogens is 1. The average Bonchev–Trinajstić information content (AvgIpc) is 3.19. The average molecular weight is 369 g/mol. The van der Waals surface area contributed by atoms with Gasteiger partial charge in [-0.1, -0.05) is 0 Å². The third kappa shape index (κ3) is 2.46. The molecule has 0 N–H and O–H groups in total. The number of fused-ring (bicyclic) bond motifs is 1. The molecule has 2 saturated heterocycles. The number of likely N-dealkylation sites (tertiary alicyclic amines) is 1. The first-order valence-electron chi connectivity index (χ1n) is 10.7. The van der Waals surface area contributed by atoms with Gasteiger partial charge in [0.2, 0.25) is 5.91 Å². The van der Waals surface area contributed by atoms with E-state index in [1.165, 1.54) is 25.3 Å². The Morgan fingerprint density at radius 2 is 1.59 bits per heavy atom. The molecule has 6 fully saturated rings. The monoisotopic (exact) mass is 369 g/mol. The second-order valence-corrected chi connectivity index (χ2v) is 10.1. The van der Waals surface area contributed by atoms with Crippen LogP contribution in [0.1, 0.15) is 38.5 Å². The third-order valence-corrected chi connectivity index (χ3v) is 8.30. The van der Waals surface area contributed by atoms with Crippen LogP contribution in [-0.4, -0.2) is 42.0 Å². The molecule has 7 rings (SSSR count). The van der Waals surface area contributed by atoms with Crippen LogP contribution in [0.25, 0.3) is 0 Å². The highest BCUT2D eigenvalue weighted by Gasteiger charge is 2.57. The first-order chi connectivity index (χ1) is 13.1. The molecule has 2 atom stereocenters. The highest BCUT2D eigenvalue weighted by molar-refractivity contribution is 5.83. The van der Waals surface area contributed by atoms with Crippen LogP contribution in [0.4, 0.5) is 10.2 Å². The number of amides is 1. The summed E-state index contributed by atoms with van der Waals surface area (Å²) < 4.78 is 14.1. The standard InChI is InChI=1S/C22H28FN3O/c23-19-2-1-3-24-20(19)25-10-17-12-26(13-18(17)11-25)21(27)22-7-14-4-15(8-22)6-16(5-14)9-22/h1-3,14-18H,4-13H2/t14?,15?,16?,17-,18+,22?. The molecule has 0 unspecified atom stereocenters. The number of aromatic nitrogens is 1. The van der Waals surface area contributed by atoms with Gasteiger partial charge >= 0.3 is 0 Å². The van der Waals surface area contributed by atoms with E-state index in [1.807, 2.05) is 0 Å². The van der Waals surface area contributed by atoms with Crippen LogP contribution in [0.5, 0.6) is 0 Å². The molecule has 4 bridgehead atoms. The fourth-order valence-electron chi connectivity index (χ4n) is 7.65. The van der Waals surface area contributed by atoms with Gasteiger partial charge in [0.15, 0.2) is 11.6 Å². The second-order valence-electron chi connectivity index (χ2n) is 10.1. The van der Waals surface area contributed by atoms with Gasteiger partial charge in [0.25, 0.3) is 0 Å². The first-order valence-corrected chi connectivity index (χ1v) is 10.7. The van der Waals surface area contributed by atoms with Gasteiger partial charge in [-0.25, -0.2) is 9.37 Å². The number of carbonyl (C=O) groups excluding carboxylic acids is 1. The predicted molar refractivity (Wildman–Crippen MR) is 101 cm³/mol. The fourth-order valence-corrected chi connectivity index (χ4v) is 7.65. The van der Waals surface area contributed by atoms with Gasteiger partial charge in [-0.15, -0.1) is 0 Å². The van der Waals surface area contributed by atoms with E-state index in [4.69, 9.17) is 0 Å². The molecular weight excluding hydrogens is 341 g/mol. The number of hydrogen-bond donors (Lipinski definition) is 0. The minimum atomic E-state index is -0.237. The summed E-state index contributed by atoms with van der Waals surface area (Å²) in [6.45, 7) is 3.36. The van der Waals surface area contributed by atoms with Gasteiger partial charge < -0.3 is 9.80 Å². The zero-order chi connectivity index (χ0) is 18.2. The largest absolute Gasteiger partial charge is 0.353 e. The molecule has 3 heterocycles. The van der Waals surface area contributed by atoms with Crippen molar-refractivity contribution in [3.63, 3.8) is 0 Å². The zero-order valence-corrected chi connectivity index (χ0v) is 15.8. The maximum atomic E-state index is 14.1. The van der Waals surface area contributed by atoms with Crippen LogP contribution in [0.2, 0.25) is 0 Å². The van der Waals surface area contributed by atoms with Crippen molar-refractivity contribution >= 4 is 11.7 Å². The van der Waals surface area contributed by atoms with Crippen LogP contribution < -0.4 is 4.90 Å². The van der Waals surface area contributed by atoms with Gasteiger partial charge in [-0.05, 0) is 68.4 Å². The SMILES string of the molecule is O=C(N1C[C@@H]2CN(c3ncccc3F)C[C@@H]2C1)C12CC3CC(CC(C3)C1)C2. The minimum Gasteiger partial charge on any atom is -0.353 e. The lowest BCUT2D eigenvalue weighted by atomic mass is 9.49. The highest BCUT2D eigenvalue weighted by atomic mass is 19.1. The second kappa shape index (κ2) is 5.68. The summed E-state index contributed by atoms with van der Waals surface area (Å²) in [5.74, 6) is 4.06. The first kappa shape index (κ1) is 16.3. The van der Waals surface area contributed by atoms with E-state index in [1.54, 1.807) is 12.3 Å². The van der Waals surface area contributed by atoms with Crippen molar-refractivity contribution in [1.82, 2.24) is 9.88 Å². The number of pyridine rings is 1. The van der Waals surface area contributed by atoms with Gasteiger partial charge in [-0.2, -0.15) is 0 Å². The van der Waals surface area contributed by atoms with Crippen molar-refractivity contribution in [1.29, 1.82) is 0 Å². The van der Waals surface area contributed by atoms with Crippen molar-refractivity contribution in [2.24, 2.45) is 35.0 Å². The molecule has 1 amide bonds. The fraction of sp³-hybridized carbons (Fsp3) is 0.727. The van der Waals surface area contributed by atoms with Crippen LogP contribution >= 0.6 is 0 Å². The van der Waals surface area contributed by atoms with E-state index in [0.717, 1.165) is 63.2 Å². The summed E-state index contributed by atoms with van der Waals surface area (Å²) >= 11 is 0. The Kier molecular flexibility index (Phi) is 3.43. The summed E-state index contributed by atoms with van der Waals surface area (Å²) in [6, 6.07) is 3.13. The summed E-state index contributed by atoms with van der Waals surface area (Å²) in [6.07, 6.45) is 9.24. The van der Waals surface area contributed by atoms with E-state index < -0.39 is 0 Å². The zero-order valence-electron chi connectivity index (χ0n) is 15.8. The van der Waals surface area contributed by atoms with Gasteiger partial charge in [0.05, 0.1) is 5.41 Å². The van der Waals surface area contributed by atoms with E-state index in [9.17, 15) is 9.18 Å². The Hall–Kier alpha value is -1.65. The third-order valence-electron chi connectivity index (χ3n) is 8.30. The Morgan fingerprint density at radius 1 is 1.00 bits per heavy atom. The molecule has 4 saturated carbocycles. The summed E-state index contributed by atoms with van der Waals surface area (Å²) in [5.41, 5.74) is -0.0276. The van der Waals surface area contributed by atoms with Crippen molar-refractivity contribution in [2.45, 2.75) is 38.5 Å². The number of rotatable bonds is 2. The molecule has 2 aliphatic heterocycles. The van der Waals surface area contributed by atoms with Crippen molar-refractivity contribution < 1.29 is 9.18 Å². The smallest absolute Gasteiger partial charge is 0.228 e. The van der Waals surface area contributed by atoms with Crippen molar-refractivity contribution in [2.75, 3.05) is 31.1 Å². The Morgan fingerprint density at radius 3 is 2.15 bits per heavy atom. The van der Waals surface area contributed by atoms with E-state index >= 15 is 0 Å². The number of nitrogens with zero attached hydrogens (tertiary/aromatic N) is 3. The molecule has 6 aliphatic rings. The highest BCUT2D eigenvalue weighted by Crippen LogP contribution is 2.60. The lowest BCUT2D eigenvalue weighted by molar-refractivity contribution is -0.156. The van der Waals surface area contributed by atoms with Crippen LogP contribution in [0, 0.1) is 40.8 Å². The van der Waals surface area contributed by atoms with Crippen molar-refractivity contribution in [3.05, 3.63) is 24.1 Å². The number of anilines is 1. The minimum absolute atomic E-state index is 0.0276. The molecule has 0 aromatic carbocycles. The molecule has 0 spiro atoms. The summed E-state index contributed by atoms with van der Waals surface area (Å²) in [5, 5.41) is 0. The Balaban J connectivity index is 1.16. The van der Waals surface area contributed by atoms with Crippen LogP contribution in [0.15, 0.2) is 18.3 Å². The molecule has 1 aromatic heterocycles. The molecule has 4 nitrogen and oxygen atoms in total. The molecular formula is C22H28FN3O. The topological polar surface area (TPSA) is 36.4 Å².